The molecule has 1 aliphatic heterocycles. The van der Waals surface area contributed by atoms with Crippen molar-refractivity contribution in [1.29, 1.82) is 5.26 Å². The molecule has 0 saturated carbocycles. The number of pyridine rings is 1. The highest BCUT2D eigenvalue weighted by atomic mass is 19.4. The molecule has 1 aromatic heterocycles. The van der Waals surface area contributed by atoms with Gasteiger partial charge in [0.1, 0.15) is 6.07 Å². The number of fused-ring (bicyclic) bond motifs is 1. The molecule has 2 N–H and O–H groups in total. The SMILES string of the molecule is N#Cc1ccc(N2C[C@H](N)C[C@H](C(F)(F)F)C2)c2cccnc12. The average Bonchev–Trinajstić information content (AvgIpc) is 2.52. The topological polar surface area (TPSA) is 65.9 Å². The molecule has 0 radical (unpaired) electrons. The molecular weight excluding hydrogens is 305 g/mol. The van der Waals surface area contributed by atoms with Crippen molar-refractivity contribution in [2.24, 2.45) is 11.7 Å². The van der Waals surface area contributed by atoms with E-state index in [9.17, 15) is 13.2 Å². The van der Waals surface area contributed by atoms with Crippen molar-refractivity contribution in [2.75, 3.05) is 18.0 Å². The molecule has 2 aromatic rings. The van der Waals surface area contributed by atoms with E-state index in [1.54, 1.807) is 35.4 Å². The van der Waals surface area contributed by atoms with Gasteiger partial charge in [-0.1, -0.05) is 0 Å². The molecule has 4 nitrogen and oxygen atoms in total. The maximum atomic E-state index is 13.1. The van der Waals surface area contributed by atoms with Gasteiger partial charge in [0.05, 0.1) is 17.0 Å². The number of rotatable bonds is 1. The average molecular weight is 320 g/mol. The smallest absolute Gasteiger partial charge is 0.369 e. The molecule has 2 heterocycles. The third-order valence-corrected chi connectivity index (χ3v) is 4.15. The van der Waals surface area contributed by atoms with E-state index in [-0.39, 0.29) is 13.0 Å². The summed E-state index contributed by atoms with van der Waals surface area (Å²) in [6, 6.07) is 8.25. The zero-order valence-electron chi connectivity index (χ0n) is 12.2. The summed E-state index contributed by atoms with van der Waals surface area (Å²) in [5.41, 5.74) is 7.37. The maximum Gasteiger partial charge on any atom is 0.393 e. The molecule has 0 bridgehead atoms. The molecule has 1 aliphatic rings. The summed E-state index contributed by atoms with van der Waals surface area (Å²) in [7, 11) is 0. The van der Waals surface area contributed by atoms with Crippen molar-refractivity contribution in [2.45, 2.75) is 18.6 Å². The number of hydrogen-bond donors (Lipinski definition) is 1. The number of alkyl halides is 3. The van der Waals surface area contributed by atoms with E-state index in [1.807, 2.05) is 0 Å². The van der Waals surface area contributed by atoms with Gasteiger partial charge in [0.25, 0.3) is 0 Å². The highest BCUT2D eigenvalue weighted by molar-refractivity contribution is 5.95. The molecule has 0 aliphatic carbocycles. The lowest BCUT2D eigenvalue weighted by atomic mass is 9.93. The quantitative estimate of drug-likeness (QED) is 0.877. The summed E-state index contributed by atoms with van der Waals surface area (Å²) in [6.07, 6.45) is -2.77. The Labute approximate surface area is 131 Å². The molecule has 120 valence electrons. The summed E-state index contributed by atoms with van der Waals surface area (Å²) in [5.74, 6) is -1.45. The second-order valence-corrected chi connectivity index (χ2v) is 5.78. The van der Waals surface area contributed by atoms with Crippen LogP contribution < -0.4 is 10.6 Å². The van der Waals surface area contributed by atoms with E-state index in [2.05, 4.69) is 11.1 Å². The van der Waals surface area contributed by atoms with Crippen LogP contribution in [0, 0.1) is 17.2 Å². The van der Waals surface area contributed by atoms with Crippen molar-refractivity contribution in [1.82, 2.24) is 4.98 Å². The summed E-state index contributed by atoms with van der Waals surface area (Å²) in [4.78, 5) is 5.84. The molecule has 1 aromatic carbocycles. The molecule has 7 heteroatoms. The van der Waals surface area contributed by atoms with Crippen molar-refractivity contribution >= 4 is 16.6 Å². The molecule has 1 fully saturated rings. The Morgan fingerprint density at radius 2 is 2.04 bits per heavy atom. The van der Waals surface area contributed by atoms with Crippen LogP contribution in [0.4, 0.5) is 18.9 Å². The van der Waals surface area contributed by atoms with E-state index >= 15 is 0 Å². The summed E-state index contributed by atoms with van der Waals surface area (Å²) in [6.45, 7) is 0.218. The Bertz CT molecular complexity index is 766. The number of halogens is 3. The molecule has 23 heavy (non-hydrogen) atoms. The van der Waals surface area contributed by atoms with Gasteiger partial charge in [-0.2, -0.15) is 18.4 Å². The number of anilines is 1. The van der Waals surface area contributed by atoms with Crippen LogP contribution in [-0.2, 0) is 0 Å². The van der Waals surface area contributed by atoms with Gasteiger partial charge in [0, 0.05) is 36.4 Å². The fourth-order valence-corrected chi connectivity index (χ4v) is 3.10. The lowest BCUT2D eigenvalue weighted by Gasteiger charge is -2.38. The van der Waals surface area contributed by atoms with Crippen LogP contribution in [0.2, 0.25) is 0 Å². The first-order chi connectivity index (χ1) is 10.9. The molecule has 0 spiro atoms. The van der Waals surface area contributed by atoms with Gasteiger partial charge >= 0.3 is 6.18 Å². The predicted octanol–water partition coefficient (Wildman–Crippen LogP) is 2.82. The number of piperidine rings is 1. The van der Waals surface area contributed by atoms with Crippen LogP contribution in [0.15, 0.2) is 30.5 Å². The van der Waals surface area contributed by atoms with E-state index in [0.29, 0.717) is 28.7 Å². The number of aromatic nitrogens is 1. The van der Waals surface area contributed by atoms with Gasteiger partial charge in [-0.05, 0) is 30.7 Å². The Balaban J connectivity index is 2.05. The largest absolute Gasteiger partial charge is 0.393 e. The normalized spacial score (nSPS) is 22.1. The van der Waals surface area contributed by atoms with Crippen LogP contribution in [0.5, 0.6) is 0 Å². The zero-order chi connectivity index (χ0) is 16.6. The molecule has 1 saturated heterocycles. The number of benzene rings is 1. The van der Waals surface area contributed by atoms with Crippen molar-refractivity contribution < 1.29 is 13.2 Å². The molecule has 2 atom stereocenters. The molecule has 3 rings (SSSR count). The number of nitrogens with two attached hydrogens (primary N) is 1. The van der Waals surface area contributed by atoms with Crippen molar-refractivity contribution in [3.63, 3.8) is 0 Å². The van der Waals surface area contributed by atoms with Crippen LogP contribution in [0.25, 0.3) is 10.9 Å². The van der Waals surface area contributed by atoms with Gasteiger partial charge in [-0.15, -0.1) is 0 Å². The van der Waals surface area contributed by atoms with Gasteiger partial charge in [-0.25, -0.2) is 0 Å². The van der Waals surface area contributed by atoms with Crippen LogP contribution in [-0.4, -0.2) is 30.3 Å². The van der Waals surface area contributed by atoms with Crippen LogP contribution in [0.1, 0.15) is 12.0 Å². The summed E-state index contributed by atoms with van der Waals surface area (Å²) >= 11 is 0. The summed E-state index contributed by atoms with van der Waals surface area (Å²) < 4.78 is 39.3. The second-order valence-electron chi connectivity index (χ2n) is 5.78. The molecular formula is C16H15F3N4. The summed E-state index contributed by atoms with van der Waals surface area (Å²) in [5, 5.41) is 9.82. The van der Waals surface area contributed by atoms with Gasteiger partial charge in [-0.3, -0.25) is 4.98 Å². The van der Waals surface area contributed by atoms with E-state index < -0.39 is 18.1 Å². The standard InChI is InChI=1S/C16H15F3N4/c17-16(18,19)11-6-12(21)9-23(8-11)14-4-3-10(7-20)15-13(14)2-1-5-22-15/h1-5,11-12H,6,8-9,21H2/t11-,12+/m0/s1. The second kappa shape index (κ2) is 5.70. The third-order valence-electron chi connectivity index (χ3n) is 4.15. The predicted molar refractivity (Wildman–Crippen MR) is 80.8 cm³/mol. The first-order valence-electron chi connectivity index (χ1n) is 7.25. The minimum Gasteiger partial charge on any atom is -0.369 e. The van der Waals surface area contributed by atoms with Gasteiger partial charge in [0.15, 0.2) is 0 Å². The minimum atomic E-state index is -4.27. The Kier molecular flexibility index (Phi) is 3.86. The third kappa shape index (κ3) is 2.94. The minimum absolute atomic E-state index is 0.0630. The van der Waals surface area contributed by atoms with E-state index in [0.717, 1.165) is 0 Å². The molecule has 0 unspecified atom stereocenters. The Morgan fingerprint density at radius 1 is 1.26 bits per heavy atom. The number of hydrogen-bond acceptors (Lipinski definition) is 4. The van der Waals surface area contributed by atoms with Gasteiger partial charge < -0.3 is 10.6 Å². The van der Waals surface area contributed by atoms with E-state index in [4.69, 9.17) is 11.0 Å². The first-order valence-corrected chi connectivity index (χ1v) is 7.25. The highest BCUT2D eigenvalue weighted by Gasteiger charge is 2.44. The zero-order valence-corrected chi connectivity index (χ0v) is 12.2. The Hall–Kier alpha value is -2.33. The number of nitriles is 1. The van der Waals surface area contributed by atoms with Crippen LogP contribution >= 0.6 is 0 Å². The first kappa shape index (κ1) is 15.6. The lowest BCUT2D eigenvalue weighted by Crippen LogP contribution is -2.51. The Morgan fingerprint density at radius 3 is 2.74 bits per heavy atom. The lowest BCUT2D eigenvalue weighted by molar-refractivity contribution is -0.177. The van der Waals surface area contributed by atoms with E-state index in [1.165, 1.54) is 0 Å². The fourth-order valence-electron chi connectivity index (χ4n) is 3.10. The fraction of sp³-hybridized carbons (Fsp3) is 0.375. The maximum absolute atomic E-state index is 13.1. The van der Waals surface area contributed by atoms with Crippen molar-refractivity contribution in [3.05, 3.63) is 36.0 Å². The highest BCUT2D eigenvalue weighted by Crippen LogP contribution is 2.36. The van der Waals surface area contributed by atoms with Gasteiger partial charge in [0.2, 0.25) is 0 Å². The number of nitrogens with zero attached hydrogens (tertiary/aromatic N) is 3. The molecule has 0 amide bonds. The van der Waals surface area contributed by atoms with Crippen LogP contribution in [0.3, 0.4) is 0 Å². The van der Waals surface area contributed by atoms with Crippen molar-refractivity contribution in [3.8, 4) is 6.07 Å². The monoisotopic (exact) mass is 320 g/mol.